The third-order valence-corrected chi connectivity index (χ3v) is 6.46. The fourth-order valence-corrected chi connectivity index (χ4v) is 4.42. The number of carboxylic acids is 1. The van der Waals surface area contributed by atoms with Crippen molar-refractivity contribution in [3.63, 3.8) is 0 Å². The van der Waals surface area contributed by atoms with E-state index in [4.69, 9.17) is 30.5 Å². The van der Waals surface area contributed by atoms with E-state index in [0.29, 0.717) is 66.9 Å². The third-order valence-electron chi connectivity index (χ3n) is 6.16. The number of aryl methyl sites for hydroxylation is 2. The highest BCUT2D eigenvalue weighted by Gasteiger charge is 2.43. The molecule has 1 aliphatic heterocycles. The quantitative estimate of drug-likeness (QED) is 0.274. The Morgan fingerprint density at radius 2 is 1.72 bits per heavy atom. The zero-order chi connectivity index (χ0) is 25.5. The summed E-state index contributed by atoms with van der Waals surface area (Å²) in [5, 5.41) is 10.2. The zero-order valence-corrected chi connectivity index (χ0v) is 21.3. The van der Waals surface area contributed by atoms with Crippen molar-refractivity contribution in [1.82, 2.24) is 0 Å². The van der Waals surface area contributed by atoms with E-state index in [1.165, 1.54) is 5.56 Å². The van der Waals surface area contributed by atoms with Crippen molar-refractivity contribution in [2.75, 3.05) is 13.2 Å². The van der Waals surface area contributed by atoms with Gasteiger partial charge in [-0.3, -0.25) is 0 Å². The molecule has 3 aromatic rings. The van der Waals surface area contributed by atoms with Gasteiger partial charge in [-0.15, -0.1) is 0 Å². The second-order valence-electron chi connectivity index (χ2n) is 8.98. The summed E-state index contributed by atoms with van der Waals surface area (Å²) in [4.78, 5) is 11.9. The molecule has 1 N–H and O–H groups in total. The Hall–Kier alpha value is -3.38. The average molecular weight is 511 g/mol. The Morgan fingerprint density at radius 1 is 1.00 bits per heavy atom. The Balaban J connectivity index is 1.25. The van der Waals surface area contributed by atoms with E-state index in [9.17, 15) is 9.90 Å². The van der Waals surface area contributed by atoms with Crippen molar-refractivity contribution < 1.29 is 28.8 Å². The first kappa shape index (κ1) is 25.7. The molecule has 3 aromatic carbocycles. The van der Waals surface area contributed by atoms with Crippen LogP contribution in [0.1, 0.15) is 43.7 Å². The lowest BCUT2D eigenvalue weighted by Crippen LogP contribution is -2.47. The molecule has 190 valence electrons. The predicted octanol–water partition coefficient (Wildman–Crippen LogP) is 7.24. The van der Waals surface area contributed by atoms with Gasteiger partial charge in [-0.05, 0) is 55.7 Å². The van der Waals surface area contributed by atoms with E-state index in [1.54, 1.807) is 18.2 Å². The monoisotopic (exact) mass is 510 g/mol. The van der Waals surface area contributed by atoms with E-state index >= 15 is 0 Å². The lowest BCUT2D eigenvalue weighted by molar-refractivity contribution is -0.157. The predicted molar refractivity (Wildman–Crippen MR) is 139 cm³/mol. The SMILES string of the molecule is CCCC1(C(=O)O)CCc2ccc(OCCCOc3ccc(Oc4ccc(C)cc4)cc3Cl)cc2O1. The van der Waals surface area contributed by atoms with E-state index in [0.717, 1.165) is 17.7 Å². The van der Waals surface area contributed by atoms with Gasteiger partial charge in [0.15, 0.2) is 0 Å². The van der Waals surface area contributed by atoms with Crippen LogP contribution in [0.25, 0.3) is 0 Å². The molecule has 4 rings (SSSR count). The summed E-state index contributed by atoms with van der Waals surface area (Å²) in [5.41, 5.74) is 1.01. The van der Waals surface area contributed by atoms with E-state index in [1.807, 2.05) is 56.3 Å². The maximum atomic E-state index is 11.9. The van der Waals surface area contributed by atoms with Crippen LogP contribution >= 0.6 is 11.6 Å². The first-order valence-corrected chi connectivity index (χ1v) is 12.6. The number of aliphatic carboxylic acids is 1. The maximum Gasteiger partial charge on any atom is 0.348 e. The molecule has 0 saturated carbocycles. The molecule has 7 heteroatoms. The molecule has 0 fully saturated rings. The van der Waals surface area contributed by atoms with Gasteiger partial charge in [0.1, 0.15) is 28.7 Å². The Kier molecular flexibility index (Phi) is 8.26. The Labute approximate surface area is 216 Å². The summed E-state index contributed by atoms with van der Waals surface area (Å²) in [7, 11) is 0. The normalized spacial score (nSPS) is 16.5. The topological polar surface area (TPSA) is 74.2 Å². The molecule has 1 unspecified atom stereocenters. The van der Waals surface area contributed by atoms with Crippen LogP contribution in [0.3, 0.4) is 0 Å². The summed E-state index contributed by atoms with van der Waals surface area (Å²) in [6.07, 6.45) is 3.01. The first-order chi connectivity index (χ1) is 17.4. The van der Waals surface area contributed by atoms with Crippen molar-refractivity contribution in [1.29, 1.82) is 0 Å². The van der Waals surface area contributed by atoms with Crippen LogP contribution in [0, 0.1) is 6.92 Å². The molecule has 6 nitrogen and oxygen atoms in total. The fourth-order valence-electron chi connectivity index (χ4n) is 4.20. The highest BCUT2D eigenvalue weighted by molar-refractivity contribution is 6.32. The highest BCUT2D eigenvalue weighted by Crippen LogP contribution is 2.38. The van der Waals surface area contributed by atoms with Crippen molar-refractivity contribution in [2.45, 2.75) is 51.6 Å². The number of hydrogen-bond donors (Lipinski definition) is 1. The molecule has 0 radical (unpaired) electrons. The van der Waals surface area contributed by atoms with Crippen molar-refractivity contribution in [3.05, 3.63) is 76.8 Å². The number of carboxylic acid groups (broad SMARTS) is 1. The van der Waals surface area contributed by atoms with Gasteiger partial charge in [-0.2, -0.15) is 0 Å². The van der Waals surface area contributed by atoms with Crippen molar-refractivity contribution in [3.8, 4) is 28.7 Å². The Morgan fingerprint density at radius 3 is 2.44 bits per heavy atom. The fraction of sp³-hybridized carbons (Fsp3) is 0.345. The molecule has 0 saturated heterocycles. The van der Waals surface area contributed by atoms with Gasteiger partial charge in [0.2, 0.25) is 5.60 Å². The van der Waals surface area contributed by atoms with Crippen LogP contribution in [0.15, 0.2) is 60.7 Å². The molecular weight excluding hydrogens is 480 g/mol. The molecule has 0 aromatic heterocycles. The number of fused-ring (bicyclic) bond motifs is 1. The van der Waals surface area contributed by atoms with Crippen LogP contribution in [-0.4, -0.2) is 29.9 Å². The first-order valence-electron chi connectivity index (χ1n) is 12.2. The second kappa shape index (κ2) is 11.6. The second-order valence-corrected chi connectivity index (χ2v) is 9.39. The molecule has 36 heavy (non-hydrogen) atoms. The van der Waals surface area contributed by atoms with Gasteiger partial charge in [0.25, 0.3) is 0 Å². The van der Waals surface area contributed by atoms with Crippen LogP contribution in [0.2, 0.25) is 5.02 Å². The minimum atomic E-state index is -1.16. The van der Waals surface area contributed by atoms with Gasteiger partial charge >= 0.3 is 5.97 Å². The van der Waals surface area contributed by atoms with Crippen molar-refractivity contribution in [2.24, 2.45) is 0 Å². The largest absolute Gasteiger partial charge is 0.493 e. The Bertz CT molecular complexity index is 1190. The molecule has 1 atom stereocenters. The van der Waals surface area contributed by atoms with Crippen LogP contribution in [-0.2, 0) is 11.2 Å². The third kappa shape index (κ3) is 6.24. The molecular formula is C29H31ClO6. The number of halogens is 1. The molecule has 1 heterocycles. The van der Waals surface area contributed by atoms with Crippen LogP contribution in [0.5, 0.6) is 28.7 Å². The summed E-state index contributed by atoms with van der Waals surface area (Å²) >= 11 is 6.37. The number of rotatable bonds is 11. The average Bonchev–Trinajstić information content (AvgIpc) is 2.86. The number of carbonyl (C=O) groups is 1. The zero-order valence-electron chi connectivity index (χ0n) is 20.6. The van der Waals surface area contributed by atoms with Crippen molar-refractivity contribution >= 4 is 17.6 Å². The highest BCUT2D eigenvalue weighted by atomic mass is 35.5. The van der Waals surface area contributed by atoms with Gasteiger partial charge in [0.05, 0.1) is 18.2 Å². The number of ether oxygens (including phenoxy) is 4. The summed E-state index contributed by atoms with van der Waals surface area (Å²) in [6.45, 7) is 4.85. The van der Waals surface area contributed by atoms with Crippen LogP contribution in [0.4, 0.5) is 0 Å². The molecule has 0 aliphatic carbocycles. The maximum absolute atomic E-state index is 11.9. The van der Waals surface area contributed by atoms with Gasteiger partial charge in [-0.25, -0.2) is 4.79 Å². The summed E-state index contributed by atoms with van der Waals surface area (Å²) < 4.78 is 23.5. The summed E-state index contributed by atoms with van der Waals surface area (Å²) in [6, 6.07) is 18.8. The number of hydrogen-bond acceptors (Lipinski definition) is 5. The van der Waals surface area contributed by atoms with Crippen LogP contribution < -0.4 is 18.9 Å². The molecule has 0 bridgehead atoms. The lowest BCUT2D eigenvalue weighted by Gasteiger charge is -2.35. The van der Waals surface area contributed by atoms with E-state index in [2.05, 4.69) is 0 Å². The minimum Gasteiger partial charge on any atom is -0.493 e. The summed E-state index contributed by atoms with van der Waals surface area (Å²) in [5.74, 6) is 2.28. The smallest absolute Gasteiger partial charge is 0.348 e. The number of benzene rings is 3. The van der Waals surface area contributed by atoms with Gasteiger partial charge in [0, 0.05) is 25.0 Å². The molecule has 0 amide bonds. The van der Waals surface area contributed by atoms with E-state index in [-0.39, 0.29) is 0 Å². The molecule has 0 spiro atoms. The lowest BCUT2D eigenvalue weighted by atomic mass is 9.87. The van der Waals surface area contributed by atoms with Gasteiger partial charge in [-0.1, -0.05) is 48.7 Å². The van der Waals surface area contributed by atoms with E-state index < -0.39 is 11.6 Å². The molecule has 1 aliphatic rings. The van der Waals surface area contributed by atoms with Gasteiger partial charge < -0.3 is 24.1 Å². The minimum absolute atomic E-state index is 0.429. The standard InChI is InChI=1S/C29H31ClO6/c1-3-14-29(28(31)32)15-13-21-7-10-23(19-27(21)36-29)33-16-4-17-34-26-12-11-24(18-25(26)30)35-22-8-5-20(2)6-9-22/h5-12,18-19H,3-4,13-17H2,1-2H3,(H,31,32).